The van der Waals surface area contributed by atoms with Crippen LogP contribution in [0.25, 0.3) is 0 Å². The SMILES string of the molecule is CCOc1ccc(Br)cc1CN(Cc1noc(CN)n1)C1CC1.Cl. The van der Waals surface area contributed by atoms with Crippen LogP contribution in [0.1, 0.15) is 37.0 Å². The zero-order valence-electron chi connectivity index (χ0n) is 13.6. The summed E-state index contributed by atoms with van der Waals surface area (Å²) < 4.78 is 11.9. The average Bonchev–Trinajstić information content (AvgIpc) is 3.29. The zero-order valence-corrected chi connectivity index (χ0v) is 16.0. The molecule has 0 aliphatic heterocycles. The van der Waals surface area contributed by atoms with E-state index in [9.17, 15) is 0 Å². The second-order valence-corrected chi connectivity index (χ2v) is 6.55. The van der Waals surface area contributed by atoms with E-state index >= 15 is 0 Å². The Morgan fingerprint density at radius 1 is 1.38 bits per heavy atom. The Kier molecular flexibility index (Phi) is 7.03. The van der Waals surface area contributed by atoms with Crippen molar-refractivity contribution in [1.82, 2.24) is 15.0 Å². The fourth-order valence-electron chi connectivity index (χ4n) is 2.56. The molecule has 1 fully saturated rings. The minimum atomic E-state index is 0. The number of nitrogens with two attached hydrogens (primary N) is 1. The van der Waals surface area contributed by atoms with Gasteiger partial charge in [-0.05, 0) is 38.0 Å². The van der Waals surface area contributed by atoms with Crippen molar-refractivity contribution in [1.29, 1.82) is 0 Å². The highest BCUT2D eigenvalue weighted by Crippen LogP contribution is 2.32. The number of ether oxygens (including phenoxy) is 1. The predicted octanol–water partition coefficient (Wildman–Crippen LogP) is 3.28. The third kappa shape index (κ3) is 4.92. The van der Waals surface area contributed by atoms with Gasteiger partial charge in [-0.2, -0.15) is 4.98 Å². The minimum absolute atomic E-state index is 0. The molecule has 0 radical (unpaired) electrons. The van der Waals surface area contributed by atoms with Crippen LogP contribution in [-0.4, -0.2) is 27.7 Å². The lowest BCUT2D eigenvalue weighted by Gasteiger charge is -2.22. The van der Waals surface area contributed by atoms with Crippen LogP contribution in [0.5, 0.6) is 5.75 Å². The summed E-state index contributed by atoms with van der Waals surface area (Å²) in [6, 6.07) is 6.70. The normalized spacial score (nSPS) is 13.8. The second-order valence-electron chi connectivity index (χ2n) is 5.63. The van der Waals surface area contributed by atoms with Gasteiger partial charge in [-0.25, -0.2) is 0 Å². The summed E-state index contributed by atoms with van der Waals surface area (Å²) in [6.07, 6.45) is 2.42. The lowest BCUT2D eigenvalue weighted by Crippen LogP contribution is -2.26. The molecular weight excluding hydrogens is 396 g/mol. The van der Waals surface area contributed by atoms with E-state index in [0.29, 0.717) is 30.9 Å². The van der Waals surface area contributed by atoms with E-state index in [4.69, 9.17) is 15.0 Å². The van der Waals surface area contributed by atoms with E-state index in [1.807, 2.05) is 19.1 Å². The van der Waals surface area contributed by atoms with E-state index in [0.717, 1.165) is 22.3 Å². The van der Waals surface area contributed by atoms with Gasteiger partial charge in [0, 0.05) is 22.6 Å². The van der Waals surface area contributed by atoms with Crippen LogP contribution in [0, 0.1) is 0 Å². The maximum atomic E-state index is 5.75. The number of aromatic nitrogens is 2. The van der Waals surface area contributed by atoms with Crippen molar-refractivity contribution in [3.8, 4) is 5.75 Å². The molecule has 2 N–H and O–H groups in total. The van der Waals surface area contributed by atoms with Crippen molar-refractivity contribution >= 4 is 28.3 Å². The van der Waals surface area contributed by atoms with Gasteiger partial charge in [-0.1, -0.05) is 21.1 Å². The molecule has 6 nitrogen and oxygen atoms in total. The fraction of sp³-hybridized carbons (Fsp3) is 0.500. The molecule has 0 spiro atoms. The van der Waals surface area contributed by atoms with Crippen molar-refractivity contribution in [2.24, 2.45) is 5.73 Å². The molecule has 3 rings (SSSR count). The van der Waals surface area contributed by atoms with Gasteiger partial charge in [0.2, 0.25) is 5.89 Å². The highest BCUT2D eigenvalue weighted by atomic mass is 79.9. The van der Waals surface area contributed by atoms with Crippen molar-refractivity contribution in [2.45, 2.75) is 45.4 Å². The standard InChI is InChI=1S/C16H21BrN4O2.ClH/c1-2-22-14-6-3-12(17)7-11(14)9-21(13-4-5-13)10-15-19-16(8-18)23-20-15;/h3,6-7,13H,2,4-5,8-10,18H2,1H3;1H. The average molecular weight is 418 g/mol. The number of hydrogen-bond acceptors (Lipinski definition) is 6. The van der Waals surface area contributed by atoms with Crippen molar-refractivity contribution in [3.63, 3.8) is 0 Å². The number of halogens is 2. The monoisotopic (exact) mass is 416 g/mol. The zero-order chi connectivity index (χ0) is 16.2. The number of hydrogen-bond donors (Lipinski definition) is 1. The van der Waals surface area contributed by atoms with Gasteiger partial charge in [0.15, 0.2) is 5.82 Å². The van der Waals surface area contributed by atoms with Crippen LogP contribution in [0.4, 0.5) is 0 Å². The van der Waals surface area contributed by atoms with E-state index in [1.165, 1.54) is 12.8 Å². The first kappa shape index (κ1) is 19.2. The number of benzene rings is 1. The molecule has 2 aromatic rings. The second kappa shape index (κ2) is 8.80. The molecule has 1 aliphatic carbocycles. The number of rotatable bonds is 8. The van der Waals surface area contributed by atoms with Gasteiger partial charge in [0.25, 0.3) is 0 Å². The molecule has 0 amide bonds. The van der Waals surface area contributed by atoms with E-state index in [1.54, 1.807) is 0 Å². The Bertz CT molecular complexity index is 663. The molecule has 1 saturated carbocycles. The van der Waals surface area contributed by atoms with Gasteiger partial charge in [0.1, 0.15) is 5.75 Å². The lowest BCUT2D eigenvalue weighted by molar-refractivity contribution is 0.229. The fourth-order valence-corrected chi connectivity index (χ4v) is 2.97. The lowest BCUT2D eigenvalue weighted by atomic mass is 10.2. The van der Waals surface area contributed by atoms with Gasteiger partial charge >= 0.3 is 0 Å². The van der Waals surface area contributed by atoms with E-state index in [-0.39, 0.29) is 19.0 Å². The molecule has 8 heteroatoms. The van der Waals surface area contributed by atoms with E-state index in [2.05, 4.69) is 37.0 Å². The summed E-state index contributed by atoms with van der Waals surface area (Å²) in [6.45, 7) is 4.38. The first-order valence-corrected chi connectivity index (χ1v) is 8.65. The van der Waals surface area contributed by atoms with Crippen molar-refractivity contribution in [3.05, 3.63) is 40.0 Å². The molecule has 24 heavy (non-hydrogen) atoms. The Labute approximate surface area is 156 Å². The molecule has 1 aliphatic rings. The molecule has 1 aromatic carbocycles. The quantitative estimate of drug-likeness (QED) is 0.710. The molecule has 132 valence electrons. The summed E-state index contributed by atoms with van der Waals surface area (Å²) in [5.74, 6) is 2.09. The van der Waals surface area contributed by atoms with Crippen LogP contribution < -0.4 is 10.5 Å². The third-order valence-electron chi connectivity index (χ3n) is 3.79. The largest absolute Gasteiger partial charge is 0.494 e. The van der Waals surface area contributed by atoms with Gasteiger partial charge < -0.3 is 15.0 Å². The Hall–Kier alpha value is -1.15. The molecule has 0 bridgehead atoms. The van der Waals surface area contributed by atoms with Gasteiger partial charge in [-0.3, -0.25) is 4.90 Å². The maximum absolute atomic E-state index is 5.75. The summed E-state index contributed by atoms with van der Waals surface area (Å²) in [7, 11) is 0. The Balaban J connectivity index is 0.00000208. The molecule has 0 saturated heterocycles. The molecule has 1 aromatic heterocycles. The topological polar surface area (TPSA) is 77.4 Å². The summed E-state index contributed by atoms with van der Waals surface area (Å²) in [4.78, 5) is 6.68. The highest BCUT2D eigenvalue weighted by Gasteiger charge is 2.30. The molecule has 0 atom stereocenters. The summed E-state index contributed by atoms with van der Waals surface area (Å²) >= 11 is 3.54. The highest BCUT2D eigenvalue weighted by molar-refractivity contribution is 9.10. The van der Waals surface area contributed by atoms with E-state index < -0.39 is 0 Å². The predicted molar refractivity (Wildman–Crippen MR) is 97.0 cm³/mol. The summed E-state index contributed by atoms with van der Waals surface area (Å²) in [5.41, 5.74) is 6.69. The first-order valence-electron chi connectivity index (χ1n) is 7.86. The molecular formula is C16H22BrClN4O2. The van der Waals surface area contributed by atoms with Crippen LogP contribution in [-0.2, 0) is 19.6 Å². The van der Waals surface area contributed by atoms with Crippen LogP contribution in [0.3, 0.4) is 0 Å². The molecule has 0 unspecified atom stereocenters. The number of nitrogens with zero attached hydrogens (tertiary/aromatic N) is 3. The summed E-state index contributed by atoms with van der Waals surface area (Å²) in [5, 5.41) is 4.01. The minimum Gasteiger partial charge on any atom is -0.494 e. The Morgan fingerprint density at radius 2 is 2.17 bits per heavy atom. The van der Waals surface area contributed by atoms with Crippen molar-refractivity contribution < 1.29 is 9.26 Å². The first-order chi connectivity index (χ1) is 11.2. The van der Waals surface area contributed by atoms with Crippen molar-refractivity contribution in [2.75, 3.05) is 6.61 Å². The van der Waals surface area contributed by atoms with Gasteiger partial charge in [0.05, 0.1) is 19.7 Å². The molecule has 1 heterocycles. The maximum Gasteiger partial charge on any atom is 0.240 e. The smallest absolute Gasteiger partial charge is 0.240 e. The van der Waals surface area contributed by atoms with Gasteiger partial charge in [-0.15, -0.1) is 12.4 Å². The van der Waals surface area contributed by atoms with Crippen LogP contribution in [0.15, 0.2) is 27.2 Å². The van der Waals surface area contributed by atoms with Crippen LogP contribution >= 0.6 is 28.3 Å². The third-order valence-corrected chi connectivity index (χ3v) is 4.28. The Morgan fingerprint density at radius 3 is 2.79 bits per heavy atom. The van der Waals surface area contributed by atoms with Crippen LogP contribution in [0.2, 0.25) is 0 Å².